The lowest BCUT2D eigenvalue weighted by atomic mass is 10.1. The van der Waals surface area contributed by atoms with Gasteiger partial charge in [-0.15, -0.1) is 0 Å². The minimum atomic E-state index is -1.25. The van der Waals surface area contributed by atoms with Crippen molar-refractivity contribution in [1.82, 2.24) is 5.32 Å². The van der Waals surface area contributed by atoms with Crippen molar-refractivity contribution >= 4 is 16.7 Å². The molecule has 2 aromatic rings. The number of nitrogens with one attached hydrogen (secondary N) is 1. The van der Waals surface area contributed by atoms with Crippen LogP contribution in [0, 0.1) is 6.92 Å². The highest BCUT2D eigenvalue weighted by Crippen LogP contribution is 2.07. The van der Waals surface area contributed by atoms with Gasteiger partial charge in [0.2, 0.25) is 5.91 Å². The highest BCUT2D eigenvalue weighted by Gasteiger charge is 2.09. The van der Waals surface area contributed by atoms with Gasteiger partial charge in [-0.3, -0.25) is 9.00 Å². The van der Waals surface area contributed by atoms with Crippen LogP contribution in [0.25, 0.3) is 0 Å². The molecule has 2 rings (SSSR count). The van der Waals surface area contributed by atoms with E-state index in [1.807, 2.05) is 43.3 Å². The van der Waals surface area contributed by atoms with Crippen LogP contribution in [0.4, 0.5) is 0 Å². The Morgan fingerprint density at radius 3 is 2.43 bits per heavy atom. The number of rotatable bonds is 7. The molecule has 1 unspecified atom stereocenters. The first kappa shape index (κ1) is 17.4. The molecule has 122 valence electrons. The van der Waals surface area contributed by atoms with Crippen LogP contribution >= 0.6 is 0 Å². The largest absolute Gasteiger partial charge is 0.392 e. The van der Waals surface area contributed by atoms with Gasteiger partial charge in [0, 0.05) is 23.1 Å². The predicted octanol–water partition coefficient (Wildman–Crippen LogP) is 2.05. The molecule has 0 aromatic heterocycles. The van der Waals surface area contributed by atoms with Gasteiger partial charge in [-0.2, -0.15) is 0 Å². The second kappa shape index (κ2) is 8.60. The molecule has 0 radical (unpaired) electrons. The molecule has 0 aliphatic rings. The summed E-state index contributed by atoms with van der Waals surface area (Å²) in [6.45, 7) is 2.44. The first-order chi connectivity index (χ1) is 11.1. The zero-order valence-electron chi connectivity index (χ0n) is 13.1. The molecule has 2 aromatic carbocycles. The van der Waals surface area contributed by atoms with E-state index in [2.05, 4.69) is 5.32 Å². The summed E-state index contributed by atoms with van der Waals surface area (Å²) in [6.07, 6.45) is 0. The number of amides is 1. The summed E-state index contributed by atoms with van der Waals surface area (Å²) in [6, 6.07) is 15.2. The molecule has 0 saturated heterocycles. The number of carbonyl (C=O) groups excluding carboxylic acids is 1. The number of hydrogen-bond acceptors (Lipinski definition) is 3. The molecule has 5 heteroatoms. The van der Waals surface area contributed by atoms with E-state index >= 15 is 0 Å². The minimum Gasteiger partial charge on any atom is -0.392 e. The quantitative estimate of drug-likeness (QED) is 0.816. The number of carbonyl (C=O) groups is 1. The Morgan fingerprint density at radius 2 is 1.78 bits per heavy atom. The Morgan fingerprint density at radius 1 is 1.09 bits per heavy atom. The van der Waals surface area contributed by atoms with Gasteiger partial charge < -0.3 is 10.4 Å². The topological polar surface area (TPSA) is 66.4 Å². The van der Waals surface area contributed by atoms with Crippen molar-refractivity contribution in [3.63, 3.8) is 0 Å². The molecule has 0 bridgehead atoms. The fourth-order valence-electron chi connectivity index (χ4n) is 2.20. The molecule has 0 heterocycles. The Balaban J connectivity index is 1.78. The lowest BCUT2D eigenvalue weighted by molar-refractivity contribution is -0.118. The van der Waals surface area contributed by atoms with Gasteiger partial charge in [0.05, 0.1) is 6.61 Å². The van der Waals surface area contributed by atoms with Gasteiger partial charge in [0.25, 0.3) is 0 Å². The van der Waals surface area contributed by atoms with Crippen LogP contribution in [0.5, 0.6) is 0 Å². The SMILES string of the molecule is Cc1cccc(CNC(=O)CS(=O)Cc2ccc(CO)cc2)c1. The van der Waals surface area contributed by atoms with Crippen molar-refractivity contribution < 1.29 is 14.1 Å². The summed E-state index contributed by atoms with van der Waals surface area (Å²) in [7, 11) is -1.25. The number of aryl methyl sites for hydroxylation is 1. The first-order valence-corrected chi connectivity index (χ1v) is 8.91. The van der Waals surface area contributed by atoms with Crippen LogP contribution in [0.15, 0.2) is 48.5 Å². The Hall–Kier alpha value is -1.98. The Bertz CT molecular complexity index is 683. The number of benzene rings is 2. The van der Waals surface area contributed by atoms with Crippen LogP contribution in [-0.4, -0.2) is 21.0 Å². The molecular formula is C18H21NO3S. The second-order valence-corrected chi connectivity index (χ2v) is 6.93. The molecule has 0 aliphatic carbocycles. The summed E-state index contributed by atoms with van der Waals surface area (Å²) >= 11 is 0. The van der Waals surface area contributed by atoms with Crippen LogP contribution in [0.3, 0.4) is 0 Å². The maximum absolute atomic E-state index is 12.0. The van der Waals surface area contributed by atoms with Crippen LogP contribution in [0.1, 0.15) is 22.3 Å². The maximum atomic E-state index is 12.0. The standard InChI is InChI=1S/C18H21NO3S/c1-14-3-2-4-17(9-14)10-19-18(21)13-23(22)12-16-7-5-15(11-20)6-8-16/h2-9,20H,10-13H2,1H3,(H,19,21). The zero-order chi connectivity index (χ0) is 16.7. The van der Waals surface area contributed by atoms with Crippen LogP contribution in [0.2, 0.25) is 0 Å². The van der Waals surface area contributed by atoms with E-state index in [1.165, 1.54) is 0 Å². The average Bonchev–Trinajstić information content (AvgIpc) is 2.53. The monoisotopic (exact) mass is 331 g/mol. The average molecular weight is 331 g/mol. The molecule has 4 nitrogen and oxygen atoms in total. The Kier molecular flexibility index (Phi) is 6.50. The molecular weight excluding hydrogens is 310 g/mol. The molecule has 1 amide bonds. The lowest BCUT2D eigenvalue weighted by Crippen LogP contribution is -2.28. The van der Waals surface area contributed by atoms with Crippen LogP contribution in [-0.2, 0) is 34.5 Å². The van der Waals surface area contributed by atoms with Crippen molar-refractivity contribution in [3.8, 4) is 0 Å². The van der Waals surface area contributed by atoms with Crippen molar-refractivity contribution in [2.24, 2.45) is 0 Å². The summed E-state index contributed by atoms with van der Waals surface area (Å²) in [5, 5.41) is 11.8. The van der Waals surface area contributed by atoms with E-state index in [9.17, 15) is 9.00 Å². The van der Waals surface area contributed by atoms with Gasteiger partial charge >= 0.3 is 0 Å². The summed E-state index contributed by atoms with van der Waals surface area (Å²) in [5.41, 5.74) is 3.89. The highest BCUT2D eigenvalue weighted by atomic mass is 32.2. The summed E-state index contributed by atoms with van der Waals surface area (Å²) in [4.78, 5) is 11.9. The van der Waals surface area contributed by atoms with Gasteiger partial charge in [-0.1, -0.05) is 54.1 Å². The second-order valence-electron chi connectivity index (χ2n) is 5.47. The van der Waals surface area contributed by atoms with Crippen molar-refractivity contribution in [2.75, 3.05) is 5.75 Å². The summed E-state index contributed by atoms with van der Waals surface area (Å²) in [5.74, 6) is 0.119. The van der Waals surface area contributed by atoms with E-state index in [-0.39, 0.29) is 18.3 Å². The van der Waals surface area contributed by atoms with Gasteiger partial charge in [-0.25, -0.2) is 0 Å². The molecule has 0 aliphatic heterocycles. The molecule has 0 spiro atoms. The number of aliphatic hydroxyl groups excluding tert-OH is 1. The fourth-order valence-corrected chi connectivity index (χ4v) is 3.26. The maximum Gasteiger partial charge on any atom is 0.232 e. The van der Waals surface area contributed by atoms with Gasteiger partial charge in [0.1, 0.15) is 5.75 Å². The number of aliphatic hydroxyl groups is 1. The summed E-state index contributed by atoms with van der Waals surface area (Å²) < 4.78 is 12.0. The smallest absolute Gasteiger partial charge is 0.232 e. The zero-order valence-corrected chi connectivity index (χ0v) is 13.9. The molecule has 0 saturated carbocycles. The van der Waals surface area contributed by atoms with Crippen molar-refractivity contribution in [3.05, 3.63) is 70.8 Å². The van der Waals surface area contributed by atoms with Crippen LogP contribution < -0.4 is 5.32 Å². The van der Waals surface area contributed by atoms with Gasteiger partial charge in [-0.05, 0) is 23.6 Å². The normalized spacial score (nSPS) is 11.9. The van der Waals surface area contributed by atoms with E-state index in [1.54, 1.807) is 12.1 Å². The Labute approximate surface area is 139 Å². The third kappa shape index (κ3) is 5.96. The molecule has 1 atom stereocenters. The van der Waals surface area contributed by atoms with E-state index < -0.39 is 10.8 Å². The first-order valence-electron chi connectivity index (χ1n) is 7.42. The van der Waals surface area contributed by atoms with E-state index in [0.29, 0.717) is 12.3 Å². The lowest BCUT2D eigenvalue weighted by Gasteiger charge is -2.07. The fraction of sp³-hybridized carbons (Fsp3) is 0.278. The molecule has 2 N–H and O–H groups in total. The van der Waals surface area contributed by atoms with E-state index in [4.69, 9.17) is 5.11 Å². The third-order valence-corrected chi connectivity index (χ3v) is 4.64. The minimum absolute atomic E-state index is 0.00638. The molecule has 23 heavy (non-hydrogen) atoms. The van der Waals surface area contributed by atoms with Gasteiger partial charge in [0.15, 0.2) is 0 Å². The van der Waals surface area contributed by atoms with Crippen molar-refractivity contribution in [1.29, 1.82) is 0 Å². The molecule has 0 fully saturated rings. The highest BCUT2D eigenvalue weighted by molar-refractivity contribution is 7.84. The predicted molar refractivity (Wildman–Crippen MR) is 92.1 cm³/mol. The van der Waals surface area contributed by atoms with Crippen molar-refractivity contribution in [2.45, 2.75) is 25.8 Å². The number of hydrogen-bond donors (Lipinski definition) is 2. The van der Waals surface area contributed by atoms with E-state index in [0.717, 1.165) is 22.3 Å². The third-order valence-electron chi connectivity index (χ3n) is 3.40.